The van der Waals surface area contributed by atoms with Gasteiger partial charge in [0.05, 0.1) is 24.1 Å². The number of carbonyl (C=O) groups excluding carboxylic acids is 3. The summed E-state index contributed by atoms with van der Waals surface area (Å²) < 4.78 is 5.65. The van der Waals surface area contributed by atoms with Crippen LogP contribution in [0.4, 0.5) is 0 Å². The van der Waals surface area contributed by atoms with Crippen LogP contribution in [0.1, 0.15) is 50.6 Å². The minimum atomic E-state index is -1.56. The number of nitrogens with one attached hydrogen (secondary N) is 3. The van der Waals surface area contributed by atoms with E-state index >= 15 is 0 Å². The molecule has 0 aromatic carbocycles. The van der Waals surface area contributed by atoms with Gasteiger partial charge in [0.15, 0.2) is 12.3 Å². The highest BCUT2D eigenvalue weighted by molar-refractivity contribution is 5.88. The van der Waals surface area contributed by atoms with Gasteiger partial charge in [-0.15, -0.1) is 0 Å². The van der Waals surface area contributed by atoms with Crippen molar-refractivity contribution >= 4 is 17.8 Å². The molecule has 0 bridgehead atoms. The molecule has 6 N–H and O–H groups in total. The predicted octanol–water partition coefficient (Wildman–Crippen LogP) is 0.0860. The van der Waals surface area contributed by atoms with Crippen LogP contribution >= 0.6 is 0 Å². The second kappa shape index (κ2) is 12.5. The van der Waals surface area contributed by atoms with Crippen molar-refractivity contribution < 1.29 is 34.4 Å². The number of ether oxygens (including phenoxy) is 1. The summed E-state index contributed by atoms with van der Waals surface area (Å²) in [4.78, 5) is 48.0. The Hall–Kier alpha value is -3.61. The zero-order valence-electron chi connectivity index (χ0n) is 21.9. The van der Waals surface area contributed by atoms with Crippen LogP contribution in [0.5, 0.6) is 5.75 Å². The van der Waals surface area contributed by atoms with E-state index in [4.69, 9.17) is 4.74 Å². The van der Waals surface area contributed by atoms with E-state index in [1.54, 1.807) is 31.5 Å². The third-order valence-electron chi connectivity index (χ3n) is 7.45. The highest BCUT2D eigenvalue weighted by Gasteiger charge is 2.42. The average Bonchev–Trinajstić information content (AvgIpc) is 2.89. The van der Waals surface area contributed by atoms with Crippen LogP contribution in [0.2, 0.25) is 0 Å². The van der Waals surface area contributed by atoms with Gasteiger partial charge in [0.1, 0.15) is 17.5 Å². The second-order valence-corrected chi connectivity index (χ2v) is 10.3. The van der Waals surface area contributed by atoms with E-state index in [0.29, 0.717) is 18.4 Å². The molecule has 1 saturated heterocycles. The van der Waals surface area contributed by atoms with Crippen molar-refractivity contribution in [1.82, 2.24) is 25.9 Å². The standard InChI is InChI=1S/C27H35N5O7/c1-14-22(34)18(12-16-6-4-10-28-13-16)31-24(35)20(32-25(36)21-19(33)9-5-11-29-21)15(2)30-26(37)23(39-27(14)38)17-7-3-8-17/h4-6,9-11,13-15,17-18,20,22-23,25,32-34,36H,3,7-8,12H2,1-2H3,(H,30,37)(H,31,35)/t14-,15-,18+,20+,22+,23?,25?/m1/s1. The van der Waals surface area contributed by atoms with Crippen LogP contribution in [-0.2, 0) is 25.5 Å². The molecule has 2 unspecified atom stereocenters. The first kappa shape index (κ1) is 28.4. The number of aliphatic hydroxyl groups is 2. The lowest BCUT2D eigenvalue weighted by atomic mass is 9.80. The van der Waals surface area contributed by atoms with E-state index in [-0.39, 0.29) is 23.8 Å². The first-order valence-corrected chi connectivity index (χ1v) is 13.1. The van der Waals surface area contributed by atoms with Gasteiger partial charge in [-0.3, -0.25) is 29.7 Å². The number of hydrogen-bond donors (Lipinski definition) is 6. The van der Waals surface area contributed by atoms with Crippen LogP contribution in [0.15, 0.2) is 42.9 Å². The Kier molecular flexibility index (Phi) is 9.10. The molecule has 12 heteroatoms. The number of aromatic hydroxyl groups is 1. The Morgan fingerprint density at radius 1 is 1.10 bits per heavy atom. The summed E-state index contributed by atoms with van der Waals surface area (Å²) in [6.45, 7) is 3.06. The quantitative estimate of drug-likeness (QED) is 0.216. The van der Waals surface area contributed by atoms with Gasteiger partial charge in [0, 0.05) is 24.5 Å². The van der Waals surface area contributed by atoms with Crippen LogP contribution in [0.25, 0.3) is 0 Å². The summed E-state index contributed by atoms with van der Waals surface area (Å²) in [5.41, 5.74) is 0.614. The summed E-state index contributed by atoms with van der Waals surface area (Å²) in [6.07, 6.45) is 3.05. The molecule has 4 rings (SSSR count). The molecule has 7 atom stereocenters. The summed E-state index contributed by atoms with van der Waals surface area (Å²) in [7, 11) is 0. The van der Waals surface area contributed by atoms with E-state index in [1.807, 2.05) is 0 Å². The maximum atomic E-state index is 13.7. The van der Waals surface area contributed by atoms with Crippen molar-refractivity contribution in [2.45, 2.75) is 76.1 Å². The molecule has 2 aliphatic rings. The van der Waals surface area contributed by atoms with Gasteiger partial charge in [-0.05, 0) is 56.9 Å². The molecule has 0 radical (unpaired) electrons. The molecule has 0 spiro atoms. The van der Waals surface area contributed by atoms with Crippen molar-refractivity contribution in [3.8, 4) is 5.75 Å². The van der Waals surface area contributed by atoms with Crippen LogP contribution < -0.4 is 16.0 Å². The largest absolute Gasteiger partial charge is 0.506 e. The number of aliphatic hydroxyl groups excluding tert-OH is 2. The molecule has 1 aliphatic carbocycles. The maximum absolute atomic E-state index is 13.7. The topological polar surface area (TPSA) is 183 Å². The average molecular weight is 542 g/mol. The van der Waals surface area contributed by atoms with E-state index < -0.39 is 60.3 Å². The lowest BCUT2D eigenvalue weighted by Crippen LogP contribution is -2.62. The van der Waals surface area contributed by atoms with Gasteiger partial charge in [-0.2, -0.15) is 0 Å². The van der Waals surface area contributed by atoms with Crippen molar-refractivity contribution in [3.05, 3.63) is 54.1 Å². The van der Waals surface area contributed by atoms with E-state index in [9.17, 15) is 29.7 Å². The Balaban J connectivity index is 1.67. The number of pyridine rings is 2. The van der Waals surface area contributed by atoms with Crippen molar-refractivity contribution in [1.29, 1.82) is 0 Å². The number of carbonyl (C=O) groups is 3. The zero-order chi connectivity index (χ0) is 28.1. The van der Waals surface area contributed by atoms with Gasteiger partial charge in [-0.1, -0.05) is 12.5 Å². The third kappa shape index (κ3) is 6.70. The number of hydrogen-bond acceptors (Lipinski definition) is 10. The molecule has 2 aromatic rings. The molecule has 3 heterocycles. The molecule has 12 nitrogen and oxygen atoms in total. The van der Waals surface area contributed by atoms with Crippen molar-refractivity contribution in [2.75, 3.05) is 0 Å². The summed E-state index contributed by atoms with van der Waals surface area (Å²) in [5, 5.41) is 40.5. The fourth-order valence-electron chi connectivity index (χ4n) is 4.83. The van der Waals surface area contributed by atoms with Gasteiger partial charge in [0.2, 0.25) is 5.91 Å². The van der Waals surface area contributed by atoms with E-state index in [2.05, 4.69) is 25.9 Å². The Labute approximate surface area is 226 Å². The zero-order valence-corrected chi connectivity index (χ0v) is 21.9. The second-order valence-electron chi connectivity index (χ2n) is 10.3. The Morgan fingerprint density at radius 3 is 2.49 bits per heavy atom. The SMILES string of the molecule is C[C@H]1NC(=O)C(C2CCC2)OC(=O)[C@H](C)[C@H](O)[C@H](Cc2cccnc2)NC(=O)[C@H]1NC(O)c1ncccc1O. The number of cyclic esters (lactones) is 1. The minimum absolute atomic E-state index is 0.100. The fourth-order valence-corrected chi connectivity index (χ4v) is 4.83. The molecule has 2 amide bonds. The molecule has 2 fully saturated rings. The van der Waals surface area contributed by atoms with Crippen molar-refractivity contribution in [3.63, 3.8) is 0 Å². The molecule has 210 valence electrons. The molecular formula is C27H35N5O7. The van der Waals surface area contributed by atoms with E-state index in [0.717, 1.165) is 6.42 Å². The van der Waals surface area contributed by atoms with Crippen LogP contribution in [0, 0.1) is 11.8 Å². The minimum Gasteiger partial charge on any atom is -0.506 e. The smallest absolute Gasteiger partial charge is 0.312 e. The number of rotatable bonds is 6. The van der Waals surface area contributed by atoms with Gasteiger partial charge in [-0.25, -0.2) is 0 Å². The van der Waals surface area contributed by atoms with Gasteiger partial charge >= 0.3 is 5.97 Å². The van der Waals surface area contributed by atoms with Crippen molar-refractivity contribution in [2.24, 2.45) is 11.8 Å². The fraction of sp³-hybridized carbons (Fsp3) is 0.519. The molecule has 1 saturated carbocycles. The van der Waals surface area contributed by atoms with Gasteiger partial charge in [0.25, 0.3) is 5.91 Å². The Bertz CT molecular complexity index is 1160. The first-order valence-electron chi connectivity index (χ1n) is 13.1. The predicted molar refractivity (Wildman–Crippen MR) is 138 cm³/mol. The van der Waals surface area contributed by atoms with Crippen LogP contribution in [-0.4, -0.2) is 73.4 Å². The van der Waals surface area contributed by atoms with Gasteiger partial charge < -0.3 is 30.7 Å². The monoisotopic (exact) mass is 541 g/mol. The first-order chi connectivity index (χ1) is 18.7. The Morgan fingerprint density at radius 2 is 1.85 bits per heavy atom. The molecule has 2 aromatic heterocycles. The lowest BCUT2D eigenvalue weighted by Gasteiger charge is -2.37. The summed E-state index contributed by atoms with van der Waals surface area (Å²) >= 11 is 0. The number of esters is 1. The van der Waals surface area contributed by atoms with Crippen LogP contribution in [0.3, 0.4) is 0 Å². The van der Waals surface area contributed by atoms with E-state index in [1.165, 1.54) is 25.3 Å². The molecule has 1 aliphatic heterocycles. The number of amides is 2. The highest BCUT2D eigenvalue weighted by atomic mass is 16.6. The third-order valence-corrected chi connectivity index (χ3v) is 7.45. The molecule has 39 heavy (non-hydrogen) atoms. The maximum Gasteiger partial charge on any atom is 0.312 e. The highest BCUT2D eigenvalue weighted by Crippen LogP contribution is 2.32. The normalized spacial score (nSPS) is 29.6. The summed E-state index contributed by atoms with van der Waals surface area (Å²) in [5.74, 6) is -3.45. The lowest BCUT2D eigenvalue weighted by molar-refractivity contribution is -0.169. The summed E-state index contributed by atoms with van der Waals surface area (Å²) in [6, 6.07) is 3.29. The molecular weight excluding hydrogens is 506 g/mol. The number of nitrogens with zero attached hydrogens (tertiary/aromatic N) is 2. The number of aromatic nitrogens is 2.